The lowest BCUT2D eigenvalue weighted by Crippen LogP contribution is -2.35. The third-order valence-corrected chi connectivity index (χ3v) is 5.40. The van der Waals surface area contributed by atoms with E-state index < -0.39 is 4.92 Å². The van der Waals surface area contributed by atoms with Crippen molar-refractivity contribution in [2.24, 2.45) is 5.92 Å². The summed E-state index contributed by atoms with van der Waals surface area (Å²) in [4.78, 5) is 10.4. The molecule has 160 valence electrons. The zero-order valence-electron chi connectivity index (χ0n) is 17.2. The molecule has 0 saturated carbocycles. The van der Waals surface area contributed by atoms with E-state index in [0.29, 0.717) is 31.5 Å². The van der Waals surface area contributed by atoms with Gasteiger partial charge in [0, 0.05) is 12.1 Å². The fraction of sp³-hybridized carbons (Fsp3) is 0.478. The molecule has 4 rings (SSSR count). The molecule has 0 amide bonds. The molecule has 2 fully saturated rings. The van der Waals surface area contributed by atoms with Crippen molar-refractivity contribution in [3.63, 3.8) is 0 Å². The van der Waals surface area contributed by atoms with Crippen LogP contribution in [0.15, 0.2) is 48.5 Å². The van der Waals surface area contributed by atoms with Gasteiger partial charge in [0.15, 0.2) is 6.10 Å². The highest BCUT2D eigenvalue weighted by Crippen LogP contribution is 2.32. The predicted molar refractivity (Wildman–Crippen MR) is 111 cm³/mol. The Kier molecular flexibility index (Phi) is 6.32. The lowest BCUT2D eigenvalue weighted by atomic mass is 10.0. The maximum absolute atomic E-state index is 10.8. The minimum absolute atomic E-state index is 0.0333. The largest absolute Gasteiger partial charge is 0.485 e. The van der Waals surface area contributed by atoms with Gasteiger partial charge >= 0.3 is 0 Å². The molecule has 0 spiro atoms. The Hall–Kier alpha value is -2.48. The van der Waals surface area contributed by atoms with Crippen molar-refractivity contribution in [1.29, 1.82) is 0 Å². The molecule has 2 saturated heterocycles. The number of benzene rings is 2. The Balaban J connectivity index is 1.31. The highest BCUT2D eigenvalue weighted by molar-refractivity contribution is 5.36. The molecule has 2 aliphatic rings. The van der Waals surface area contributed by atoms with E-state index in [2.05, 4.69) is 38.1 Å². The first-order valence-electron chi connectivity index (χ1n) is 10.3. The van der Waals surface area contributed by atoms with Crippen molar-refractivity contribution in [2.45, 2.75) is 51.3 Å². The molecule has 2 aromatic rings. The van der Waals surface area contributed by atoms with Crippen LogP contribution in [0.25, 0.3) is 0 Å². The average molecular weight is 413 g/mol. The maximum atomic E-state index is 10.8. The molecule has 0 radical (unpaired) electrons. The van der Waals surface area contributed by atoms with E-state index in [-0.39, 0.29) is 30.1 Å². The lowest BCUT2D eigenvalue weighted by molar-refractivity contribution is -0.384. The summed E-state index contributed by atoms with van der Waals surface area (Å²) < 4.78 is 23.9. The molecule has 0 aromatic heterocycles. The second-order valence-electron chi connectivity index (χ2n) is 8.27. The molecule has 2 aromatic carbocycles. The number of fused-ring (bicyclic) bond motifs is 1. The molecule has 0 aliphatic carbocycles. The molecular formula is C23H27NO6. The number of rotatable bonds is 8. The Morgan fingerprint density at radius 1 is 1.03 bits per heavy atom. The van der Waals surface area contributed by atoms with E-state index in [1.807, 2.05) is 0 Å². The van der Waals surface area contributed by atoms with Gasteiger partial charge in [-0.25, -0.2) is 0 Å². The Morgan fingerprint density at radius 2 is 1.70 bits per heavy atom. The zero-order chi connectivity index (χ0) is 21.1. The van der Waals surface area contributed by atoms with E-state index in [4.69, 9.17) is 18.9 Å². The molecule has 7 heteroatoms. The number of hydrogen-bond donors (Lipinski definition) is 0. The number of nitro groups is 1. The fourth-order valence-corrected chi connectivity index (χ4v) is 4.02. The van der Waals surface area contributed by atoms with Crippen molar-refractivity contribution >= 4 is 5.69 Å². The summed E-state index contributed by atoms with van der Waals surface area (Å²) in [5, 5.41) is 10.8. The summed E-state index contributed by atoms with van der Waals surface area (Å²) in [6, 6.07) is 14.5. The standard InChI is InChI=1S/C23H27NO6/c1-15(2)10-16-4-3-5-17(11-16)12-27-20-13-28-23-21(14-29-22(20)23)30-19-8-6-18(7-9-19)24(25)26/h3-9,11,15,20-23H,10,12-14H2,1-2H3/t20-,21-,22+,23+/m0/s1. The first-order valence-corrected chi connectivity index (χ1v) is 10.3. The van der Waals surface area contributed by atoms with Gasteiger partial charge in [-0.1, -0.05) is 38.1 Å². The number of nitro benzene ring substituents is 1. The lowest BCUT2D eigenvalue weighted by Gasteiger charge is -2.18. The molecule has 30 heavy (non-hydrogen) atoms. The Bertz CT molecular complexity index is 868. The van der Waals surface area contributed by atoms with E-state index in [1.54, 1.807) is 12.1 Å². The first-order chi connectivity index (χ1) is 14.5. The minimum Gasteiger partial charge on any atom is -0.485 e. The van der Waals surface area contributed by atoms with Crippen LogP contribution in [0.2, 0.25) is 0 Å². The fourth-order valence-electron chi connectivity index (χ4n) is 4.02. The highest BCUT2D eigenvalue weighted by atomic mass is 16.6. The van der Waals surface area contributed by atoms with Crippen molar-refractivity contribution in [3.05, 3.63) is 69.8 Å². The zero-order valence-corrected chi connectivity index (χ0v) is 17.2. The van der Waals surface area contributed by atoms with Crippen LogP contribution in [0.4, 0.5) is 5.69 Å². The Labute approximate surface area is 176 Å². The summed E-state index contributed by atoms with van der Waals surface area (Å²) in [6.45, 7) is 5.80. The van der Waals surface area contributed by atoms with Crippen molar-refractivity contribution < 1.29 is 23.9 Å². The van der Waals surface area contributed by atoms with Crippen LogP contribution >= 0.6 is 0 Å². The summed E-state index contributed by atoms with van der Waals surface area (Å²) in [6.07, 6.45) is 0.258. The number of non-ortho nitro benzene ring substituents is 1. The van der Waals surface area contributed by atoms with Gasteiger partial charge in [0.05, 0.1) is 24.7 Å². The van der Waals surface area contributed by atoms with Crippen LogP contribution in [0.3, 0.4) is 0 Å². The maximum Gasteiger partial charge on any atom is 0.269 e. The van der Waals surface area contributed by atoms with E-state index >= 15 is 0 Å². The van der Waals surface area contributed by atoms with Gasteiger partial charge in [0.25, 0.3) is 5.69 Å². The van der Waals surface area contributed by atoms with Gasteiger partial charge in [0.1, 0.15) is 24.1 Å². The van der Waals surface area contributed by atoms with Crippen LogP contribution in [0.1, 0.15) is 25.0 Å². The summed E-state index contributed by atoms with van der Waals surface area (Å²) >= 11 is 0. The van der Waals surface area contributed by atoms with Crippen LogP contribution in [0.5, 0.6) is 5.75 Å². The molecule has 7 nitrogen and oxygen atoms in total. The molecule has 2 heterocycles. The normalized spacial score (nSPS) is 25.4. The van der Waals surface area contributed by atoms with Crippen molar-refractivity contribution in [3.8, 4) is 5.75 Å². The third kappa shape index (κ3) is 4.80. The molecule has 4 atom stereocenters. The second kappa shape index (κ2) is 9.12. The monoisotopic (exact) mass is 413 g/mol. The molecule has 2 aliphatic heterocycles. The van der Waals surface area contributed by atoms with Gasteiger partial charge in [0.2, 0.25) is 0 Å². The van der Waals surface area contributed by atoms with Gasteiger partial charge in [-0.2, -0.15) is 0 Å². The van der Waals surface area contributed by atoms with Gasteiger partial charge < -0.3 is 18.9 Å². The van der Waals surface area contributed by atoms with E-state index in [9.17, 15) is 10.1 Å². The second-order valence-corrected chi connectivity index (χ2v) is 8.27. The predicted octanol–water partition coefficient (Wildman–Crippen LogP) is 3.92. The number of ether oxygens (including phenoxy) is 4. The molecule has 0 N–H and O–H groups in total. The molecular weight excluding hydrogens is 386 g/mol. The van der Waals surface area contributed by atoms with Crippen molar-refractivity contribution in [1.82, 2.24) is 0 Å². The van der Waals surface area contributed by atoms with Gasteiger partial charge in [-0.3, -0.25) is 10.1 Å². The topological polar surface area (TPSA) is 80.1 Å². The number of hydrogen-bond acceptors (Lipinski definition) is 6. The third-order valence-electron chi connectivity index (χ3n) is 5.40. The van der Waals surface area contributed by atoms with Gasteiger partial charge in [-0.05, 0) is 35.6 Å². The average Bonchev–Trinajstić information content (AvgIpc) is 3.30. The van der Waals surface area contributed by atoms with Crippen LogP contribution in [-0.4, -0.2) is 42.6 Å². The quantitative estimate of drug-likeness (QED) is 0.482. The Morgan fingerprint density at radius 3 is 2.40 bits per heavy atom. The van der Waals surface area contributed by atoms with Crippen LogP contribution < -0.4 is 4.74 Å². The summed E-state index contributed by atoms with van der Waals surface area (Å²) in [7, 11) is 0. The van der Waals surface area contributed by atoms with Crippen LogP contribution in [0, 0.1) is 16.0 Å². The number of nitrogens with zero attached hydrogens (tertiary/aromatic N) is 1. The van der Waals surface area contributed by atoms with E-state index in [0.717, 1.165) is 12.0 Å². The highest BCUT2D eigenvalue weighted by Gasteiger charge is 2.49. The van der Waals surface area contributed by atoms with Crippen LogP contribution in [-0.2, 0) is 27.2 Å². The molecule has 0 unspecified atom stereocenters. The minimum atomic E-state index is -0.432. The van der Waals surface area contributed by atoms with Gasteiger partial charge in [-0.15, -0.1) is 0 Å². The molecule has 0 bridgehead atoms. The first kappa shape index (κ1) is 20.8. The summed E-state index contributed by atoms with van der Waals surface area (Å²) in [5.74, 6) is 1.18. The smallest absolute Gasteiger partial charge is 0.269 e. The SMILES string of the molecule is CC(C)Cc1cccc(CO[C@H]2CO[C@H]3[C@@H]2OC[C@@H]3Oc2ccc([N+](=O)[O-])cc2)c1. The van der Waals surface area contributed by atoms with Crippen molar-refractivity contribution in [2.75, 3.05) is 13.2 Å². The summed E-state index contributed by atoms with van der Waals surface area (Å²) in [5.41, 5.74) is 2.50. The van der Waals surface area contributed by atoms with E-state index in [1.165, 1.54) is 17.7 Å².